The number of imidazole rings is 1. The maximum absolute atomic E-state index is 12.8. The summed E-state index contributed by atoms with van der Waals surface area (Å²) < 4.78 is 39.8. The number of hydrogen-bond acceptors (Lipinski definition) is 3. The van der Waals surface area contributed by atoms with Crippen LogP contribution in [-0.2, 0) is 6.18 Å². The highest BCUT2D eigenvalue weighted by atomic mass is 19.4. The van der Waals surface area contributed by atoms with Crippen LogP contribution in [-0.4, -0.2) is 19.5 Å². The molecule has 0 saturated heterocycles. The van der Waals surface area contributed by atoms with Crippen molar-refractivity contribution in [3.8, 4) is 18.2 Å². The summed E-state index contributed by atoms with van der Waals surface area (Å²) in [5.41, 5.74) is -1.51. The molecule has 0 bridgehead atoms. The fraction of sp³-hybridized carbons (Fsp3) is 0.182. The molecule has 0 atom stereocenters. The van der Waals surface area contributed by atoms with Crippen LogP contribution in [0.1, 0.15) is 17.1 Å². The van der Waals surface area contributed by atoms with Crippen LogP contribution in [0.3, 0.4) is 0 Å². The van der Waals surface area contributed by atoms with Gasteiger partial charge in [-0.05, 0) is 6.92 Å². The van der Waals surface area contributed by atoms with Crippen molar-refractivity contribution in [1.29, 1.82) is 0 Å². The topological polar surface area (TPSA) is 43.6 Å². The van der Waals surface area contributed by atoms with E-state index in [4.69, 9.17) is 6.42 Å². The van der Waals surface area contributed by atoms with Gasteiger partial charge in [-0.2, -0.15) is 13.2 Å². The molecular formula is C11H7F3N4. The van der Waals surface area contributed by atoms with E-state index >= 15 is 0 Å². The van der Waals surface area contributed by atoms with Crippen molar-refractivity contribution in [2.75, 3.05) is 0 Å². The molecule has 2 heterocycles. The molecule has 92 valence electrons. The van der Waals surface area contributed by atoms with Crippen LogP contribution in [0.2, 0.25) is 0 Å². The maximum atomic E-state index is 12.8. The number of halogens is 3. The Morgan fingerprint density at radius 2 is 2.06 bits per heavy atom. The number of rotatable bonds is 1. The van der Waals surface area contributed by atoms with E-state index in [-0.39, 0.29) is 11.6 Å². The number of terminal acetylenes is 1. The lowest BCUT2D eigenvalue weighted by molar-refractivity contribution is -0.141. The van der Waals surface area contributed by atoms with E-state index in [2.05, 4.69) is 15.0 Å². The largest absolute Gasteiger partial charge is 0.434 e. The summed E-state index contributed by atoms with van der Waals surface area (Å²) in [6.07, 6.45) is 4.73. The van der Waals surface area contributed by atoms with Crippen LogP contribution in [0, 0.1) is 19.3 Å². The minimum absolute atomic E-state index is 0.00479. The van der Waals surface area contributed by atoms with Gasteiger partial charge in [0.25, 0.3) is 0 Å². The Kier molecular flexibility index (Phi) is 2.79. The molecule has 4 nitrogen and oxygen atoms in total. The number of alkyl halides is 3. The van der Waals surface area contributed by atoms with E-state index in [9.17, 15) is 13.2 Å². The monoisotopic (exact) mass is 252 g/mol. The Hall–Kier alpha value is -2.36. The first kappa shape index (κ1) is 12.1. The van der Waals surface area contributed by atoms with E-state index in [0.29, 0.717) is 0 Å². The summed E-state index contributed by atoms with van der Waals surface area (Å²) in [5.74, 6) is 1.98. The van der Waals surface area contributed by atoms with Crippen LogP contribution in [0.15, 0.2) is 18.7 Å². The minimum Gasteiger partial charge on any atom is -0.289 e. The molecule has 0 saturated carbocycles. The lowest BCUT2D eigenvalue weighted by Gasteiger charge is -2.12. The number of hydrogen-bond donors (Lipinski definition) is 0. The van der Waals surface area contributed by atoms with E-state index in [0.717, 1.165) is 0 Å². The summed E-state index contributed by atoms with van der Waals surface area (Å²) >= 11 is 0. The van der Waals surface area contributed by atoms with Crippen molar-refractivity contribution in [2.24, 2.45) is 0 Å². The van der Waals surface area contributed by atoms with Crippen LogP contribution in [0.25, 0.3) is 5.82 Å². The standard InChI is InChI=1S/C11H7F3N4/c1-3-8-9(11(12,13)14)16-7(2)17-10(8)18-5-4-15-6-18/h1,4-6H,2H3. The summed E-state index contributed by atoms with van der Waals surface area (Å²) in [4.78, 5) is 11.1. The first-order valence-electron chi connectivity index (χ1n) is 4.84. The predicted octanol–water partition coefficient (Wildman–Crippen LogP) is 1.97. The van der Waals surface area contributed by atoms with E-state index < -0.39 is 17.4 Å². The van der Waals surface area contributed by atoms with E-state index in [1.807, 2.05) is 5.92 Å². The molecule has 0 aromatic carbocycles. The van der Waals surface area contributed by atoms with Crippen LogP contribution in [0.5, 0.6) is 0 Å². The summed E-state index contributed by atoms with van der Waals surface area (Å²) in [6.45, 7) is 1.37. The van der Waals surface area contributed by atoms with Crippen molar-refractivity contribution < 1.29 is 13.2 Å². The molecule has 0 aliphatic heterocycles. The van der Waals surface area contributed by atoms with Crippen molar-refractivity contribution in [3.63, 3.8) is 0 Å². The Bertz CT molecular complexity index is 608. The van der Waals surface area contributed by atoms with Gasteiger partial charge in [0.15, 0.2) is 11.5 Å². The third kappa shape index (κ3) is 2.05. The molecular weight excluding hydrogens is 245 g/mol. The minimum atomic E-state index is -4.62. The molecule has 0 unspecified atom stereocenters. The summed E-state index contributed by atoms with van der Waals surface area (Å²) in [6, 6.07) is 0. The first-order valence-corrected chi connectivity index (χ1v) is 4.84. The normalized spacial score (nSPS) is 11.3. The Balaban J connectivity index is 2.76. The molecule has 0 aliphatic carbocycles. The van der Waals surface area contributed by atoms with E-state index in [1.54, 1.807) is 0 Å². The van der Waals surface area contributed by atoms with Gasteiger partial charge in [0.2, 0.25) is 0 Å². The van der Waals surface area contributed by atoms with Gasteiger partial charge in [-0.3, -0.25) is 4.57 Å². The highest BCUT2D eigenvalue weighted by Gasteiger charge is 2.37. The highest BCUT2D eigenvalue weighted by molar-refractivity contribution is 5.49. The Morgan fingerprint density at radius 1 is 1.33 bits per heavy atom. The van der Waals surface area contributed by atoms with Crippen LogP contribution in [0.4, 0.5) is 13.2 Å². The van der Waals surface area contributed by atoms with Gasteiger partial charge in [0.1, 0.15) is 12.2 Å². The first-order chi connectivity index (χ1) is 8.43. The predicted molar refractivity (Wildman–Crippen MR) is 56.8 cm³/mol. The molecule has 2 rings (SSSR count). The average molecular weight is 252 g/mol. The molecule has 2 aromatic heterocycles. The van der Waals surface area contributed by atoms with Gasteiger partial charge < -0.3 is 0 Å². The third-order valence-corrected chi connectivity index (χ3v) is 2.16. The fourth-order valence-corrected chi connectivity index (χ4v) is 1.47. The Morgan fingerprint density at radius 3 is 2.56 bits per heavy atom. The lowest BCUT2D eigenvalue weighted by Crippen LogP contribution is -2.16. The molecule has 0 fully saturated rings. The zero-order valence-electron chi connectivity index (χ0n) is 9.23. The Labute approximate surface area is 101 Å². The number of aryl methyl sites for hydroxylation is 1. The van der Waals surface area contributed by atoms with Gasteiger partial charge in [-0.1, -0.05) is 5.92 Å². The van der Waals surface area contributed by atoms with E-state index in [1.165, 1.54) is 30.2 Å². The van der Waals surface area contributed by atoms with Gasteiger partial charge in [0.05, 0.1) is 5.56 Å². The summed E-state index contributed by atoms with van der Waals surface area (Å²) in [5, 5.41) is 0. The zero-order chi connectivity index (χ0) is 13.3. The molecule has 2 aromatic rings. The molecule has 18 heavy (non-hydrogen) atoms. The lowest BCUT2D eigenvalue weighted by atomic mass is 10.2. The molecule has 0 radical (unpaired) electrons. The fourth-order valence-electron chi connectivity index (χ4n) is 1.47. The van der Waals surface area contributed by atoms with Gasteiger partial charge in [-0.25, -0.2) is 15.0 Å². The number of nitrogens with zero attached hydrogens (tertiary/aromatic N) is 4. The molecule has 7 heteroatoms. The second-order valence-electron chi connectivity index (χ2n) is 3.43. The highest BCUT2D eigenvalue weighted by Crippen LogP contribution is 2.32. The summed E-state index contributed by atoms with van der Waals surface area (Å²) in [7, 11) is 0. The quantitative estimate of drug-likeness (QED) is 0.729. The second kappa shape index (κ2) is 4.14. The maximum Gasteiger partial charge on any atom is 0.434 e. The smallest absolute Gasteiger partial charge is 0.289 e. The molecule has 0 amide bonds. The van der Waals surface area contributed by atoms with Crippen LogP contribution >= 0.6 is 0 Å². The van der Waals surface area contributed by atoms with Crippen molar-refractivity contribution in [3.05, 3.63) is 35.8 Å². The zero-order valence-corrected chi connectivity index (χ0v) is 9.23. The molecule has 0 spiro atoms. The van der Waals surface area contributed by atoms with Gasteiger partial charge in [-0.15, -0.1) is 6.42 Å². The van der Waals surface area contributed by atoms with Gasteiger partial charge in [0, 0.05) is 12.4 Å². The SMILES string of the molecule is C#Cc1c(-n2ccnc2)nc(C)nc1C(F)(F)F. The molecule has 0 N–H and O–H groups in total. The second-order valence-corrected chi connectivity index (χ2v) is 3.43. The third-order valence-electron chi connectivity index (χ3n) is 2.16. The number of aromatic nitrogens is 4. The van der Waals surface area contributed by atoms with Crippen molar-refractivity contribution in [1.82, 2.24) is 19.5 Å². The van der Waals surface area contributed by atoms with Crippen molar-refractivity contribution in [2.45, 2.75) is 13.1 Å². The van der Waals surface area contributed by atoms with Crippen LogP contribution < -0.4 is 0 Å². The average Bonchev–Trinajstić information content (AvgIpc) is 2.80. The van der Waals surface area contributed by atoms with Gasteiger partial charge >= 0.3 is 6.18 Å². The molecule has 0 aliphatic rings. The van der Waals surface area contributed by atoms with Crippen molar-refractivity contribution >= 4 is 0 Å².